The molecule has 1 aromatic heterocycles. The zero-order valence-corrected chi connectivity index (χ0v) is 20.2. The Morgan fingerprint density at radius 2 is 1.74 bits per heavy atom. The zero-order valence-electron chi connectivity index (χ0n) is 20.2. The van der Waals surface area contributed by atoms with Crippen LogP contribution < -0.4 is 15.0 Å². The van der Waals surface area contributed by atoms with Crippen LogP contribution >= 0.6 is 0 Å². The monoisotopic (exact) mass is 549 g/mol. The summed E-state index contributed by atoms with van der Waals surface area (Å²) in [6.45, 7) is 0.560. The lowest BCUT2D eigenvalue weighted by molar-refractivity contribution is -0.274. The second-order valence-electron chi connectivity index (χ2n) is 8.71. The number of hydrogen-bond donors (Lipinski definition) is 1. The number of benzene rings is 2. The Kier molecular flexibility index (Phi) is 7.94. The fourth-order valence-electron chi connectivity index (χ4n) is 4.19. The van der Waals surface area contributed by atoms with E-state index in [-0.39, 0.29) is 36.1 Å². The van der Waals surface area contributed by atoms with E-state index in [0.29, 0.717) is 24.8 Å². The second kappa shape index (κ2) is 11.2. The van der Waals surface area contributed by atoms with Crippen LogP contribution in [0.5, 0.6) is 5.75 Å². The van der Waals surface area contributed by atoms with Gasteiger partial charge in [0, 0.05) is 24.7 Å². The number of aromatic nitrogens is 2. The van der Waals surface area contributed by atoms with Gasteiger partial charge in [-0.15, -0.1) is 13.2 Å². The van der Waals surface area contributed by atoms with Crippen LogP contribution in [0.15, 0.2) is 54.6 Å². The van der Waals surface area contributed by atoms with E-state index in [1.165, 1.54) is 11.0 Å². The molecule has 13 heteroatoms. The van der Waals surface area contributed by atoms with Crippen molar-refractivity contribution in [3.8, 4) is 23.1 Å². The molecular weight excluding hydrogens is 528 g/mol. The van der Waals surface area contributed by atoms with Crippen molar-refractivity contribution in [3.05, 3.63) is 71.5 Å². The number of alkyl halides is 6. The maximum absolute atomic E-state index is 13.6. The highest BCUT2D eigenvalue weighted by Crippen LogP contribution is 2.34. The number of rotatable bonds is 7. The van der Waals surface area contributed by atoms with Crippen LogP contribution in [0.25, 0.3) is 11.3 Å². The van der Waals surface area contributed by atoms with Crippen LogP contribution in [0.1, 0.15) is 29.8 Å². The minimum Gasteiger partial charge on any atom is -0.406 e. The Bertz CT molecular complexity index is 1350. The van der Waals surface area contributed by atoms with Gasteiger partial charge in [0.2, 0.25) is 11.7 Å². The third-order valence-electron chi connectivity index (χ3n) is 6.00. The highest BCUT2D eigenvalue weighted by Gasteiger charge is 2.38. The Balaban J connectivity index is 1.53. The average Bonchev–Trinajstić information content (AvgIpc) is 3.38. The van der Waals surface area contributed by atoms with E-state index in [2.05, 4.69) is 20.0 Å². The Hall–Kier alpha value is -4.34. The number of carbonyl (C=O) groups excluding carboxylic acids is 1. The van der Waals surface area contributed by atoms with Crippen LogP contribution in [-0.4, -0.2) is 41.4 Å². The normalized spacial score (nSPS) is 15.6. The summed E-state index contributed by atoms with van der Waals surface area (Å²) < 4.78 is 82.1. The minimum absolute atomic E-state index is 0.112. The first-order valence-corrected chi connectivity index (χ1v) is 11.8. The Labute approximate surface area is 219 Å². The summed E-state index contributed by atoms with van der Waals surface area (Å²) in [6, 6.07) is 13.7. The van der Waals surface area contributed by atoms with E-state index in [9.17, 15) is 31.1 Å². The molecule has 39 heavy (non-hydrogen) atoms. The molecule has 0 saturated carbocycles. The molecule has 0 aliphatic carbocycles. The van der Waals surface area contributed by atoms with E-state index in [4.69, 9.17) is 5.26 Å². The highest BCUT2D eigenvalue weighted by atomic mass is 19.4. The quantitative estimate of drug-likeness (QED) is 0.405. The largest absolute Gasteiger partial charge is 0.573 e. The smallest absolute Gasteiger partial charge is 0.406 e. The first kappa shape index (κ1) is 27.7. The molecule has 1 fully saturated rings. The summed E-state index contributed by atoms with van der Waals surface area (Å²) in [5.41, 5.74) is 1.36. The number of ether oxygens (including phenoxy) is 1. The van der Waals surface area contributed by atoms with Crippen LogP contribution in [0.4, 0.5) is 32.2 Å². The topological polar surface area (TPSA) is 91.1 Å². The fourth-order valence-corrected chi connectivity index (χ4v) is 4.19. The molecule has 1 N–H and O–H groups in total. The number of anilines is 1. The molecule has 0 spiro atoms. The summed E-state index contributed by atoms with van der Waals surface area (Å²) in [5, 5.41) is 11.7. The predicted molar refractivity (Wildman–Crippen MR) is 127 cm³/mol. The highest BCUT2D eigenvalue weighted by molar-refractivity contribution is 5.85. The van der Waals surface area contributed by atoms with Crippen molar-refractivity contribution in [2.75, 3.05) is 18.0 Å². The first-order chi connectivity index (χ1) is 18.4. The number of nitrogens with one attached hydrogen (secondary N) is 1. The summed E-state index contributed by atoms with van der Waals surface area (Å²) in [4.78, 5) is 21.6. The summed E-state index contributed by atoms with van der Waals surface area (Å²) in [5.74, 6) is -2.46. The van der Waals surface area contributed by atoms with Crippen molar-refractivity contribution in [3.63, 3.8) is 0 Å². The lowest BCUT2D eigenvalue weighted by Gasteiger charge is -2.26. The van der Waals surface area contributed by atoms with Gasteiger partial charge in [0.15, 0.2) is 0 Å². The van der Waals surface area contributed by atoms with Gasteiger partial charge in [-0.25, -0.2) is 9.97 Å². The van der Waals surface area contributed by atoms with Gasteiger partial charge >= 0.3 is 12.5 Å². The molecule has 1 aliphatic rings. The summed E-state index contributed by atoms with van der Waals surface area (Å²) in [6.07, 6.45) is -8.39. The van der Waals surface area contributed by atoms with Crippen molar-refractivity contribution in [2.24, 2.45) is 0 Å². The van der Waals surface area contributed by atoms with Gasteiger partial charge in [-0.1, -0.05) is 12.1 Å². The van der Waals surface area contributed by atoms with Crippen LogP contribution in [-0.2, 0) is 17.4 Å². The fraction of sp³-hybridized carbons (Fsp3) is 0.308. The Morgan fingerprint density at radius 1 is 1.05 bits per heavy atom. The predicted octanol–water partition coefficient (Wildman–Crippen LogP) is 5.26. The third kappa shape index (κ3) is 7.16. The molecule has 1 unspecified atom stereocenters. The molecule has 1 amide bonds. The van der Waals surface area contributed by atoms with E-state index >= 15 is 0 Å². The second-order valence-corrected chi connectivity index (χ2v) is 8.71. The van der Waals surface area contributed by atoms with Crippen molar-refractivity contribution < 1.29 is 35.9 Å². The van der Waals surface area contributed by atoms with Gasteiger partial charge in [0.05, 0.1) is 17.3 Å². The average molecular weight is 549 g/mol. The SMILES string of the molecule is N#Cc1ccc(CCNC(=O)C2CCCN2c2cc(-c3ccc(OC(F)(F)F)cc3)nc(C(F)(F)F)n2)cc1. The molecule has 1 saturated heterocycles. The van der Waals surface area contributed by atoms with Crippen LogP contribution in [0, 0.1) is 11.3 Å². The lowest BCUT2D eigenvalue weighted by atomic mass is 10.1. The van der Waals surface area contributed by atoms with Gasteiger partial charge in [0.1, 0.15) is 17.6 Å². The van der Waals surface area contributed by atoms with Crippen molar-refractivity contribution in [1.29, 1.82) is 5.26 Å². The van der Waals surface area contributed by atoms with Gasteiger partial charge in [0.25, 0.3) is 0 Å². The van der Waals surface area contributed by atoms with E-state index in [1.807, 2.05) is 6.07 Å². The van der Waals surface area contributed by atoms with E-state index < -0.39 is 30.2 Å². The molecule has 0 bridgehead atoms. The molecule has 2 heterocycles. The van der Waals surface area contributed by atoms with Crippen LogP contribution in [0.2, 0.25) is 0 Å². The van der Waals surface area contributed by atoms with Crippen molar-refractivity contribution >= 4 is 11.7 Å². The molecule has 7 nitrogen and oxygen atoms in total. The van der Waals surface area contributed by atoms with E-state index in [0.717, 1.165) is 29.8 Å². The number of halogens is 6. The number of amides is 1. The molecular formula is C26H21F6N5O2. The summed E-state index contributed by atoms with van der Waals surface area (Å²) in [7, 11) is 0. The van der Waals surface area contributed by atoms with Crippen molar-refractivity contribution in [2.45, 2.75) is 37.8 Å². The zero-order chi connectivity index (χ0) is 28.2. The van der Waals surface area contributed by atoms with Gasteiger partial charge in [-0.2, -0.15) is 18.4 Å². The minimum atomic E-state index is -4.92. The number of hydrogen-bond acceptors (Lipinski definition) is 6. The first-order valence-electron chi connectivity index (χ1n) is 11.8. The number of nitriles is 1. The summed E-state index contributed by atoms with van der Waals surface area (Å²) >= 11 is 0. The molecule has 2 aromatic carbocycles. The van der Waals surface area contributed by atoms with Gasteiger partial charge < -0.3 is 15.0 Å². The van der Waals surface area contributed by atoms with Crippen LogP contribution in [0.3, 0.4) is 0 Å². The standard InChI is InChI=1S/C26H21F6N5O2/c27-25(28,29)24-35-20(18-7-9-19(10-8-18)39-26(30,31)32)14-22(36-24)37-13-1-2-21(37)23(38)34-12-11-16-3-5-17(15-33)6-4-16/h3-10,14,21H,1-2,11-13H2,(H,34,38). The Morgan fingerprint density at radius 3 is 2.36 bits per heavy atom. The van der Waals surface area contributed by atoms with Crippen molar-refractivity contribution in [1.82, 2.24) is 15.3 Å². The number of carbonyl (C=O) groups is 1. The maximum Gasteiger partial charge on any atom is 0.573 e. The molecule has 1 aliphatic heterocycles. The lowest BCUT2D eigenvalue weighted by Crippen LogP contribution is -2.44. The molecule has 3 aromatic rings. The van der Waals surface area contributed by atoms with Gasteiger partial charge in [-0.3, -0.25) is 4.79 Å². The maximum atomic E-state index is 13.6. The number of nitrogens with zero attached hydrogens (tertiary/aromatic N) is 4. The third-order valence-corrected chi connectivity index (χ3v) is 6.00. The molecule has 4 rings (SSSR count). The molecule has 1 atom stereocenters. The van der Waals surface area contributed by atoms with Gasteiger partial charge in [-0.05, 0) is 61.2 Å². The van der Waals surface area contributed by atoms with E-state index in [1.54, 1.807) is 24.3 Å². The molecule has 0 radical (unpaired) electrons. The molecule has 204 valence electrons.